The molecule has 1 aliphatic carbocycles. The first-order valence-electron chi connectivity index (χ1n) is 6.20. The molecule has 6 heteroatoms. The molecule has 4 nitrogen and oxygen atoms in total. The van der Waals surface area contributed by atoms with Crippen molar-refractivity contribution in [2.45, 2.75) is 25.3 Å². The molecule has 2 aromatic rings. The standard InChI is InChI=1S/C14H15N3OS.ClH/c1-9-8-19-12(16-9)10-2-4-11(5-3-10)17-13(18)14(15)6-7-14;/h2-5,8H,6-7,15H2,1H3,(H,17,18);1H. The van der Waals surface area contributed by atoms with Crippen LogP contribution in [0.15, 0.2) is 29.6 Å². The van der Waals surface area contributed by atoms with Gasteiger partial charge in [0.25, 0.3) is 0 Å². The zero-order valence-corrected chi connectivity index (χ0v) is 12.7. The molecule has 3 N–H and O–H groups in total. The van der Waals surface area contributed by atoms with Crippen LogP contribution >= 0.6 is 23.7 Å². The molecule has 20 heavy (non-hydrogen) atoms. The van der Waals surface area contributed by atoms with Crippen LogP contribution in [0.5, 0.6) is 0 Å². The van der Waals surface area contributed by atoms with Gasteiger partial charge in [0.2, 0.25) is 5.91 Å². The normalized spacial score (nSPS) is 15.3. The van der Waals surface area contributed by atoms with E-state index < -0.39 is 5.54 Å². The van der Waals surface area contributed by atoms with Crippen LogP contribution in [-0.2, 0) is 4.79 Å². The number of nitrogens with two attached hydrogens (primary N) is 1. The highest BCUT2D eigenvalue weighted by atomic mass is 35.5. The molecular formula is C14H16ClN3OS. The van der Waals surface area contributed by atoms with Crippen molar-refractivity contribution in [3.63, 3.8) is 0 Å². The summed E-state index contributed by atoms with van der Waals surface area (Å²) in [5.41, 5.74) is 8.07. The van der Waals surface area contributed by atoms with Gasteiger partial charge >= 0.3 is 0 Å². The van der Waals surface area contributed by atoms with E-state index in [2.05, 4.69) is 10.3 Å². The number of benzene rings is 1. The molecule has 1 amide bonds. The highest BCUT2D eigenvalue weighted by Gasteiger charge is 2.45. The summed E-state index contributed by atoms with van der Waals surface area (Å²) >= 11 is 1.62. The Hall–Kier alpha value is -1.43. The van der Waals surface area contributed by atoms with Crippen LogP contribution in [0.4, 0.5) is 5.69 Å². The van der Waals surface area contributed by atoms with Crippen molar-refractivity contribution in [3.05, 3.63) is 35.3 Å². The van der Waals surface area contributed by atoms with E-state index in [1.54, 1.807) is 11.3 Å². The van der Waals surface area contributed by atoms with Crippen molar-refractivity contribution < 1.29 is 4.79 Å². The number of hydrogen-bond donors (Lipinski definition) is 2. The summed E-state index contributed by atoms with van der Waals surface area (Å²) in [4.78, 5) is 16.2. The van der Waals surface area contributed by atoms with Crippen molar-refractivity contribution in [1.82, 2.24) is 4.98 Å². The molecular weight excluding hydrogens is 294 g/mol. The fourth-order valence-electron chi connectivity index (χ4n) is 1.80. The molecule has 0 spiro atoms. The van der Waals surface area contributed by atoms with E-state index in [1.165, 1.54) is 0 Å². The Labute approximate surface area is 127 Å². The van der Waals surface area contributed by atoms with Crippen molar-refractivity contribution in [2.24, 2.45) is 5.73 Å². The second kappa shape index (κ2) is 5.52. The third-order valence-corrected chi connectivity index (χ3v) is 4.26. The number of aryl methyl sites for hydroxylation is 1. The van der Waals surface area contributed by atoms with Gasteiger partial charge in [0.1, 0.15) is 5.01 Å². The second-order valence-electron chi connectivity index (χ2n) is 4.98. The van der Waals surface area contributed by atoms with Gasteiger partial charge in [0.05, 0.1) is 5.54 Å². The van der Waals surface area contributed by atoms with E-state index in [0.29, 0.717) is 0 Å². The molecule has 1 aliphatic rings. The van der Waals surface area contributed by atoms with Gasteiger partial charge in [0.15, 0.2) is 0 Å². The van der Waals surface area contributed by atoms with Crippen LogP contribution in [0.2, 0.25) is 0 Å². The molecule has 1 aromatic heterocycles. The molecule has 1 aromatic carbocycles. The van der Waals surface area contributed by atoms with Gasteiger partial charge in [-0.15, -0.1) is 23.7 Å². The summed E-state index contributed by atoms with van der Waals surface area (Å²) in [6, 6.07) is 7.69. The molecule has 0 atom stereocenters. The number of thiazole rings is 1. The first-order chi connectivity index (χ1) is 9.07. The maximum absolute atomic E-state index is 11.8. The maximum Gasteiger partial charge on any atom is 0.244 e. The lowest BCUT2D eigenvalue weighted by molar-refractivity contribution is -0.118. The van der Waals surface area contributed by atoms with Crippen LogP contribution < -0.4 is 11.1 Å². The zero-order valence-electron chi connectivity index (χ0n) is 11.1. The lowest BCUT2D eigenvalue weighted by Gasteiger charge is -2.10. The van der Waals surface area contributed by atoms with Gasteiger partial charge in [-0.2, -0.15) is 0 Å². The average Bonchev–Trinajstić information content (AvgIpc) is 3.01. The number of rotatable bonds is 3. The summed E-state index contributed by atoms with van der Waals surface area (Å²) in [5, 5.41) is 5.86. The quantitative estimate of drug-likeness (QED) is 0.916. The Kier molecular flexibility index (Phi) is 4.13. The Morgan fingerprint density at radius 2 is 2.00 bits per heavy atom. The molecule has 1 heterocycles. The molecule has 0 bridgehead atoms. The molecule has 0 unspecified atom stereocenters. The first-order valence-corrected chi connectivity index (χ1v) is 7.08. The minimum absolute atomic E-state index is 0. The van der Waals surface area contributed by atoms with E-state index in [1.807, 2.05) is 36.6 Å². The lowest BCUT2D eigenvalue weighted by Crippen LogP contribution is -2.37. The summed E-state index contributed by atoms with van der Waals surface area (Å²) < 4.78 is 0. The molecule has 106 valence electrons. The van der Waals surface area contributed by atoms with Gasteiger partial charge in [-0.1, -0.05) is 0 Å². The van der Waals surface area contributed by atoms with E-state index in [-0.39, 0.29) is 18.3 Å². The van der Waals surface area contributed by atoms with Crippen LogP contribution in [0, 0.1) is 6.92 Å². The van der Waals surface area contributed by atoms with Crippen molar-refractivity contribution in [3.8, 4) is 10.6 Å². The maximum atomic E-state index is 11.8. The predicted octanol–water partition coefficient (Wildman–Crippen LogP) is 2.97. The summed E-state index contributed by atoms with van der Waals surface area (Å²) in [7, 11) is 0. The van der Waals surface area contributed by atoms with Gasteiger partial charge in [-0.25, -0.2) is 4.98 Å². The fraction of sp³-hybridized carbons (Fsp3) is 0.286. The van der Waals surface area contributed by atoms with E-state index in [0.717, 1.165) is 34.8 Å². The third kappa shape index (κ3) is 3.00. The monoisotopic (exact) mass is 309 g/mol. The van der Waals surface area contributed by atoms with Crippen LogP contribution in [-0.4, -0.2) is 16.4 Å². The zero-order chi connectivity index (χ0) is 13.5. The van der Waals surface area contributed by atoms with Crippen LogP contribution in [0.3, 0.4) is 0 Å². The molecule has 1 fully saturated rings. The molecule has 3 rings (SSSR count). The van der Waals surface area contributed by atoms with Gasteiger partial charge < -0.3 is 11.1 Å². The largest absolute Gasteiger partial charge is 0.324 e. The highest BCUT2D eigenvalue weighted by Crippen LogP contribution is 2.33. The first kappa shape index (κ1) is 15.0. The van der Waals surface area contributed by atoms with Gasteiger partial charge in [-0.3, -0.25) is 4.79 Å². The van der Waals surface area contributed by atoms with E-state index >= 15 is 0 Å². The Bertz CT molecular complexity index is 620. The second-order valence-corrected chi connectivity index (χ2v) is 5.84. The SMILES string of the molecule is Cc1csc(-c2ccc(NC(=O)C3(N)CC3)cc2)n1.Cl. The van der Waals surface area contributed by atoms with Crippen molar-refractivity contribution in [2.75, 3.05) is 5.32 Å². The predicted molar refractivity (Wildman–Crippen MR) is 84.3 cm³/mol. The molecule has 1 saturated carbocycles. The number of carbonyl (C=O) groups excluding carboxylic acids is 1. The number of aromatic nitrogens is 1. The Morgan fingerprint density at radius 1 is 1.35 bits per heavy atom. The third-order valence-electron chi connectivity index (χ3n) is 3.25. The van der Waals surface area contributed by atoms with Crippen molar-refractivity contribution in [1.29, 1.82) is 0 Å². The van der Waals surface area contributed by atoms with Gasteiger partial charge in [0, 0.05) is 22.3 Å². The Balaban J connectivity index is 0.00000147. The van der Waals surface area contributed by atoms with Crippen LogP contribution in [0.1, 0.15) is 18.5 Å². The number of hydrogen-bond acceptors (Lipinski definition) is 4. The number of amides is 1. The molecule has 0 saturated heterocycles. The van der Waals surface area contributed by atoms with Crippen molar-refractivity contribution >= 4 is 35.3 Å². The average molecular weight is 310 g/mol. The number of nitrogens with zero attached hydrogens (tertiary/aromatic N) is 1. The number of anilines is 1. The van der Waals surface area contributed by atoms with E-state index in [4.69, 9.17) is 5.73 Å². The lowest BCUT2D eigenvalue weighted by atomic mass is 10.2. The smallest absolute Gasteiger partial charge is 0.244 e. The highest BCUT2D eigenvalue weighted by molar-refractivity contribution is 7.13. The van der Waals surface area contributed by atoms with Crippen LogP contribution in [0.25, 0.3) is 10.6 Å². The number of halogens is 1. The minimum atomic E-state index is -0.634. The summed E-state index contributed by atoms with van der Waals surface area (Å²) in [6.07, 6.45) is 1.55. The summed E-state index contributed by atoms with van der Waals surface area (Å²) in [6.45, 7) is 1.98. The number of carbonyl (C=O) groups is 1. The van der Waals surface area contributed by atoms with Gasteiger partial charge in [-0.05, 0) is 44.0 Å². The number of nitrogens with one attached hydrogen (secondary N) is 1. The van der Waals surface area contributed by atoms with E-state index in [9.17, 15) is 4.79 Å². The Morgan fingerprint density at radius 3 is 2.50 bits per heavy atom. The molecule has 0 aliphatic heterocycles. The fourth-order valence-corrected chi connectivity index (χ4v) is 2.60. The molecule has 0 radical (unpaired) electrons. The topological polar surface area (TPSA) is 68.0 Å². The summed E-state index contributed by atoms with van der Waals surface area (Å²) in [5.74, 6) is -0.0923. The minimum Gasteiger partial charge on any atom is -0.324 e.